The summed E-state index contributed by atoms with van der Waals surface area (Å²) in [7, 11) is 1.98. The average molecular weight is 647 g/mol. The van der Waals surface area contributed by atoms with E-state index in [1.54, 1.807) is 12.3 Å². The molecule has 0 saturated carbocycles. The smallest absolute Gasteiger partial charge is 0.262 e. The van der Waals surface area contributed by atoms with Gasteiger partial charge >= 0.3 is 0 Å². The number of fused-ring (bicyclic) bond motifs is 4. The fourth-order valence-corrected chi connectivity index (χ4v) is 6.48. The number of imide groups is 2. The van der Waals surface area contributed by atoms with E-state index in [-0.39, 0.29) is 36.1 Å². The minimum absolute atomic E-state index is 0.00721. The molecule has 4 heterocycles. The number of nitrogens with zero attached hydrogens (tertiary/aromatic N) is 4. The zero-order valence-electron chi connectivity index (χ0n) is 26.0. The number of para-hydroxylation sites is 1. The Bertz CT molecular complexity index is 2110. The fourth-order valence-electron chi connectivity index (χ4n) is 6.48. The molecule has 0 spiro atoms. The van der Waals surface area contributed by atoms with Gasteiger partial charge in [-0.05, 0) is 61.5 Å². The molecule has 1 atom stereocenters. The predicted molar refractivity (Wildman–Crippen MR) is 174 cm³/mol. The molecule has 0 bridgehead atoms. The third-order valence-corrected chi connectivity index (χ3v) is 8.94. The summed E-state index contributed by atoms with van der Waals surface area (Å²) in [6, 6.07) is 20.1. The second-order valence-corrected chi connectivity index (χ2v) is 12.1. The summed E-state index contributed by atoms with van der Waals surface area (Å²) in [5.74, 6) is -3.56. The van der Waals surface area contributed by atoms with E-state index in [0.717, 1.165) is 32.4 Å². The van der Waals surface area contributed by atoms with Gasteiger partial charge in [0.05, 0.1) is 16.6 Å². The van der Waals surface area contributed by atoms with E-state index in [4.69, 9.17) is 0 Å². The Hall–Kier alpha value is -5.75. The first kappa shape index (κ1) is 30.9. The number of benzene rings is 3. The van der Waals surface area contributed by atoms with Gasteiger partial charge in [-0.1, -0.05) is 30.3 Å². The van der Waals surface area contributed by atoms with Crippen molar-refractivity contribution in [3.05, 3.63) is 113 Å². The van der Waals surface area contributed by atoms with Crippen LogP contribution in [0.4, 0.5) is 4.39 Å². The lowest BCUT2D eigenvalue weighted by Gasteiger charge is -2.27. The van der Waals surface area contributed by atoms with Crippen LogP contribution >= 0.6 is 0 Å². The minimum Gasteiger partial charge on any atom is -0.348 e. The first-order chi connectivity index (χ1) is 23.2. The van der Waals surface area contributed by atoms with Crippen molar-refractivity contribution in [3.63, 3.8) is 0 Å². The van der Waals surface area contributed by atoms with Crippen LogP contribution in [0.2, 0.25) is 0 Å². The van der Waals surface area contributed by atoms with Gasteiger partial charge in [0.25, 0.3) is 17.7 Å². The first-order valence-electron chi connectivity index (χ1n) is 15.6. The van der Waals surface area contributed by atoms with Crippen LogP contribution in [-0.2, 0) is 29.2 Å². The van der Waals surface area contributed by atoms with Crippen LogP contribution in [0.5, 0.6) is 0 Å². The lowest BCUT2D eigenvalue weighted by molar-refractivity contribution is -0.136. The van der Waals surface area contributed by atoms with Crippen LogP contribution in [0.25, 0.3) is 21.9 Å². The molecule has 0 aliphatic carbocycles. The molecule has 2 aliphatic heterocycles. The van der Waals surface area contributed by atoms with Gasteiger partial charge in [0.2, 0.25) is 11.8 Å². The molecule has 242 valence electrons. The number of piperidine rings is 1. The van der Waals surface area contributed by atoms with Gasteiger partial charge in [0, 0.05) is 60.7 Å². The van der Waals surface area contributed by atoms with Crippen LogP contribution in [0, 0.1) is 5.82 Å². The standard InChI is InChI=1S/C36H31FN6O5/c1-41(15-16-42-29-7-3-2-5-24(29)25-6-4-14-38-32(25)42)20-21-8-9-23(28(37)17-21)19-39-33(45)22-10-11-26-27(18-22)36(48)43(35(26)47)30-12-13-31(44)40-34(30)46/h2-11,14,17-18,30H,12-13,15-16,19-20H2,1H3,(H,39,45)(H,40,44,46). The van der Waals surface area contributed by atoms with Crippen molar-refractivity contribution in [1.82, 2.24) is 30.0 Å². The van der Waals surface area contributed by atoms with Gasteiger partial charge in [-0.3, -0.25) is 34.2 Å². The summed E-state index contributed by atoms with van der Waals surface area (Å²) < 4.78 is 17.3. The first-order valence-corrected chi connectivity index (χ1v) is 15.6. The number of hydrogen-bond acceptors (Lipinski definition) is 7. The Kier molecular flexibility index (Phi) is 8.01. The second-order valence-electron chi connectivity index (χ2n) is 12.1. The number of aromatic nitrogens is 2. The number of carbonyl (C=O) groups is 5. The second kappa shape index (κ2) is 12.5. The highest BCUT2D eigenvalue weighted by Crippen LogP contribution is 2.29. The quantitative estimate of drug-likeness (QED) is 0.233. The monoisotopic (exact) mass is 646 g/mol. The summed E-state index contributed by atoms with van der Waals surface area (Å²) in [5.41, 5.74) is 3.29. The van der Waals surface area contributed by atoms with Crippen LogP contribution in [0.15, 0.2) is 79.0 Å². The molecule has 48 heavy (non-hydrogen) atoms. The van der Waals surface area contributed by atoms with Crippen molar-refractivity contribution in [1.29, 1.82) is 0 Å². The van der Waals surface area contributed by atoms with Gasteiger partial charge in [-0.2, -0.15) is 0 Å². The van der Waals surface area contributed by atoms with Crippen molar-refractivity contribution >= 4 is 51.5 Å². The summed E-state index contributed by atoms with van der Waals surface area (Å²) in [6.45, 7) is 1.85. The predicted octanol–water partition coefficient (Wildman–Crippen LogP) is 3.79. The average Bonchev–Trinajstić information content (AvgIpc) is 3.53. The Morgan fingerprint density at radius 2 is 1.77 bits per heavy atom. The molecule has 0 radical (unpaired) electrons. The van der Waals surface area contributed by atoms with E-state index in [1.165, 1.54) is 24.3 Å². The summed E-state index contributed by atoms with van der Waals surface area (Å²) in [6.07, 6.45) is 1.83. The number of halogens is 1. The van der Waals surface area contributed by atoms with Gasteiger partial charge < -0.3 is 14.8 Å². The Morgan fingerprint density at radius 1 is 0.979 bits per heavy atom. The zero-order chi connectivity index (χ0) is 33.5. The van der Waals surface area contributed by atoms with Crippen molar-refractivity contribution in [2.75, 3.05) is 13.6 Å². The maximum absolute atomic E-state index is 15.1. The molecule has 2 aliphatic rings. The molecule has 12 heteroatoms. The normalized spacial score (nSPS) is 16.2. The highest BCUT2D eigenvalue weighted by atomic mass is 19.1. The van der Waals surface area contributed by atoms with E-state index in [1.807, 2.05) is 31.3 Å². The van der Waals surface area contributed by atoms with Crippen LogP contribution in [0.1, 0.15) is 55.0 Å². The molecule has 7 rings (SSSR count). The SMILES string of the molecule is CN(CCn1c2ccccc2c2cccnc21)Cc1ccc(CNC(=O)c2ccc3c(c2)C(=O)N(C2CCC(=O)NC2=O)C3=O)c(F)c1. The fraction of sp³-hybridized carbons (Fsp3) is 0.222. The molecule has 1 unspecified atom stereocenters. The zero-order valence-corrected chi connectivity index (χ0v) is 26.0. The van der Waals surface area contributed by atoms with Gasteiger partial charge in [0.1, 0.15) is 17.5 Å². The molecule has 1 saturated heterocycles. The number of amides is 5. The number of likely N-dealkylation sites (N-methyl/N-ethyl adjacent to an activating group) is 1. The summed E-state index contributed by atoms with van der Waals surface area (Å²) >= 11 is 0. The molecule has 3 aromatic carbocycles. The maximum atomic E-state index is 15.1. The molecule has 5 aromatic rings. The Morgan fingerprint density at radius 3 is 2.58 bits per heavy atom. The van der Waals surface area contributed by atoms with Crippen molar-refractivity contribution < 1.29 is 28.4 Å². The van der Waals surface area contributed by atoms with Gasteiger partial charge in [-0.15, -0.1) is 0 Å². The molecular weight excluding hydrogens is 615 g/mol. The van der Waals surface area contributed by atoms with E-state index in [2.05, 4.69) is 43.3 Å². The van der Waals surface area contributed by atoms with Crippen molar-refractivity contribution in [2.45, 2.75) is 38.5 Å². The van der Waals surface area contributed by atoms with Crippen molar-refractivity contribution in [3.8, 4) is 0 Å². The number of hydrogen-bond donors (Lipinski definition) is 2. The van der Waals surface area contributed by atoms with Crippen LogP contribution in [-0.4, -0.2) is 68.5 Å². The van der Waals surface area contributed by atoms with Crippen LogP contribution < -0.4 is 10.6 Å². The Balaban J connectivity index is 0.965. The highest BCUT2D eigenvalue weighted by Gasteiger charge is 2.44. The lowest BCUT2D eigenvalue weighted by Crippen LogP contribution is -2.54. The van der Waals surface area contributed by atoms with Crippen molar-refractivity contribution in [2.24, 2.45) is 0 Å². The molecule has 11 nitrogen and oxygen atoms in total. The maximum Gasteiger partial charge on any atom is 0.262 e. The van der Waals surface area contributed by atoms with Gasteiger partial charge in [0.15, 0.2) is 0 Å². The summed E-state index contributed by atoms with van der Waals surface area (Å²) in [5, 5.41) is 7.09. The van der Waals surface area contributed by atoms with Gasteiger partial charge in [-0.25, -0.2) is 9.37 Å². The molecule has 5 amide bonds. The van der Waals surface area contributed by atoms with E-state index >= 15 is 4.39 Å². The topological polar surface area (TPSA) is 134 Å². The minimum atomic E-state index is -1.10. The Labute approximate surface area is 274 Å². The van der Waals surface area contributed by atoms with E-state index in [9.17, 15) is 24.0 Å². The molecule has 2 N–H and O–H groups in total. The molecule has 1 fully saturated rings. The third-order valence-electron chi connectivity index (χ3n) is 8.94. The number of nitrogens with one attached hydrogen (secondary N) is 2. The molecular formula is C36H31FN6O5. The highest BCUT2D eigenvalue weighted by molar-refractivity contribution is 6.24. The number of carbonyl (C=O) groups excluding carboxylic acids is 5. The lowest BCUT2D eigenvalue weighted by atomic mass is 10.0. The van der Waals surface area contributed by atoms with E-state index < -0.39 is 41.4 Å². The number of pyridine rings is 1. The van der Waals surface area contributed by atoms with Crippen LogP contribution in [0.3, 0.4) is 0 Å². The van der Waals surface area contributed by atoms with E-state index in [0.29, 0.717) is 25.2 Å². The third kappa shape index (κ3) is 5.60. The largest absolute Gasteiger partial charge is 0.348 e. The number of rotatable bonds is 9. The molecule has 2 aromatic heterocycles. The summed E-state index contributed by atoms with van der Waals surface area (Å²) in [4.78, 5) is 70.4.